The second-order valence-electron chi connectivity index (χ2n) is 3.28. The van der Waals surface area contributed by atoms with Gasteiger partial charge < -0.3 is 4.74 Å². The molecular formula is C12H13NO2. The van der Waals surface area contributed by atoms with E-state index in [1.165, 1.54) is 0 Å². The van der Waals surface area contributed by atoms with Gasteiger partial charge in [-0.15, -0.1) is 0 Å². The monoisotopic (exact) mass is 203 g/mol. The Kier molecular flexibility index (Phi) is 2.83. The van der Waals surface area contributed by atoms with Crippen LogP contribution < -0.4 is 5.56 Å². The fourth-order valence-electron chi connectivity index (χ4n) is 1.56. The minimum Gasteiger partial charge on any atom is -0.361 e. The molecular weight excluding hydrogens is 190 g/mol. The Bertz CT molecular complexity index is 516. The van der Waals surface area contributed by atoms with Gasteiger partial charge in [-0.1, -0.05) is 18.2 Å². The van der Waals surface area contributed by atoms with Crippen molar-refractivity contribution in [2.24, 2.45) is 0 Å². The van der Waals surface area contributed by atoms with Crippen molar-refractivity contribution < 1.29 is 4.74 Å². The molecule has 3 heteroatoms. The summed E-state index contributed by atoms with van der Waals surface area (Å²) in [5.74, 6) is 0. The van der Waals surface area contributed by atoms with Gasteiger partial charge in [-0.3, -0.25) is 9.36 Å². The average molecular weight is 203 g/mol. The Morgan fingerprint density at radius 3 is 2.80 bits per heavy atom. The van der Waals surface area contributed by atoms with Gasteiger partial charge >= 0.3 is 0 Å². The molecule has 78 valence electrons. The van der Waals surface area contributed by atoms with Crippen LogP contribution in [-0.4, -0.2) is 11.2 Å². The van der Waals surface area contributed by atoms with E-state index in [1.807, 2.05) is 37.3 Å². The summed E-state index contributed by atoms with van der Waals surface area (Å²) < 4.78 is 6.91. The van der Waals surface area contributed by atoms with Gasteiger partial charge in [0.2, 0.25) is 0 Å². The fraction of sp³-hybridized carbons (Fsp3) is 0.250. The summed E-state index contributed by atoms with van der Waals surface area (Å²) in [5, 5.41) is 1.05. The van der Waals surface area contributed by atoms with Crippen LogP contribution in [0.2, 0.25) is 0 Å². The SMILES string of the molecule is CCOCn1c(=O)ccc2ccccc21. The van der Waals surface area contributed by atoms with E-state index in [9.17, 15) is 4.79 Å². The van der Waals surface area contributed by atoms with E-state index in [0.717, 1.165) is 10.9 Å². The first-order valence-electron chi connectivity index (χ1n) is 4.99. The predicted octanol–water partition coefficient (Wildman–Crippen LogP) is 2.00. The molecule has 3 nitrogen and oxygen atoms in total. The van der Waals surface area contributed by atoms with E-state index < -0.39 is 0 Å². The summed E-state index contributed by atoms with van der Waals surface area (Å²) >= 11 is 0. The lowest BCUT2D eigenvalue weighted by molar-refractivity contribution is 0.0885. The van der Waals surface area contributed by atoms with Crippen LogP contribution in [0, 0.1) is 0 Å². The average Bonchev–Trinajstić information content (AvgIpc) is 2.28. The first-order chi connectivity index (χ1) is 7.33. The highest BCUT2D eigenvalue weighted by Crippen LogP contribution is 2.10. The summed E-state index contributed by atoms with van der Waals surface area (Å²) in [4.78, 5) is 11.6. The zero-order valence-corrected chi connectivity index (χ0v) is 8.64. The Hall–Kier alpha value is -1.61. The molecule has 2 aromatic rings. The van der Waals surface area contributed by atoms with Crippen molar-refractivity contribution in [1.29, 1.82) is 0 Å². The number of ether oxygens (including phenoxy) is 1. The number of pyridine rings is 1. The number of fused-ring (bicyclic) bond motifs is 1. The molecule has 0 saturated heterocycles. The predicted molar refractivity (Wildman–Crippen MR) is 59.8 cm³/mol. The third-order valence-electron chi connectivity index (χ3n) is 2.32. The first-order valence-corrected chi connectivity index (χ1v) is 4.99. The molecule has 1 heterocycles. The van der Waals surface area contributed by atoms with Crippen molar-refractivity contribution in [3.05, 3.63) is 46.8 Å². The molecule has 0 bridgehead atoms. The molecule has 0 atom stereocenters. The largest absolute Gasteiger partial charge is 0.361 e. The molecule has 0 fully saturated rings. The smallest absolute Gasteiger partial charge is 0.252 e. The molecule has 0 saturated carbocycles. The van der Waals surface area contributed by atoms with Crippen LogP contribution in [0.15, 0.2) is 41.2 Å². The summed E-state index contributed by atoms with van der Waals surface area (Å²) in [6.45, 7) is 2.84. The first kappa shape index (κ1) is 9.93. The van der Waals surface area contributed by atoms with Crippen molar-refractivity contribution in [3.63, 3.8) is 0 Å². The summed E-state index contributed by atoms with van der Waals surface area (Å²) in [7, 11) is 0. The number of benzene rings is 1. The summed E-state index contributed by atoms with van der Waals surface area (Å²) in [6.07, 6.45) is 0. The van der Waals surface area contributed by atoms with Crippen LogP contribution in [0.3, 0.4) is 0 Å². The second-order valence-corrected chi connectivity index (χ2v) is 3.28. The molecule has 0 aliphatic heterocycles. The zero-order valence-electron chi connectivity index (χ0n) is 8.64. The standard InChI is InChI=1S/C12H13NO2/c1-2-15-9-13-11-6-4-3-5-10(11)7-8-12(13)14/h3-8H,2,9H2,1H3. The number of aromatic nitrogens is 1. The molecule has 0 aliphatic carbocycles. The minimum atomic E-state index is -0.0258. The van der Waals surface area contributed by atoms with E-state index in [0.29, 0.717) is 13.3 Å². The maximum Gasteiger partial charge on any atom is 0.252 e. The van der Waals surface area contributed by atoms with Gasteiger partial charge in [0, 0.05) is 12.7 Å². The number of hydrogen-bond acceptors (Lipinski definition) is 2. The molecule has 2 rings (SSSR count). The number of hydrogen-bond donors (Lipinski definition) is 0. The number of rotatable bonds is 3. The molecule has 1 aromatic heterocycles. The van der Waals surface area contributed by atoms with E-state index in [1.54, 1.807) is 10.6 Å². The van der Waals surface area contributed by atoms with Crippen molar-refractivity contribution >= 4 is 10.9 Å². The minimum absolute atomic E-state index is 0.0258. The van der Waals surface area contributed by atoms with E-state index >= 15 is 0 Å². The zero-order chi connectivity index (χ0) is 10.7. The maximum atomic E-state index is 11.6. The molecule has 15 heavy (non-hydrogen) atoms. The van der Waals surface area contributed by atoms with Crippen molar-refractivity contribution in [3.8, 4) is 0 Å². The van der Waals surface area contributed by atoms with Gasteiger partial charge in [-0.25, -0.2) is 0 Å². The normalized spacial score (nSPS) is 10.7. The molecule has 0 unspecified atom stereocenters. The molecule has 0 radical (unpaired) electrons. The number of nitrogens with zero attached hydrogens (tertiary/aromatic N) is 1. The van der Waals surface area contributed by atoms with Crippen LogP contribution in [0.4, 0.5) is 0 Å². The van der Waals surface area contributed by atoms with Crippen LogP contribution in [0.25, 0.3) is 10.9 Å². The molecule has 0 spiro atoms. The summed E-state index contributed by atoms with van der Waals surface area (Å²) in [6, 6.07) is 11.2. The van der Waals surface area contributed by atoms with Gasteiger partial charge in [-0.05, 0) is 24.4 Å². The van der Waals surface area contributed by atoms with Crippen molar-refractivity contribution in [1.82, 2.24) is 4.57 Å². The third kappa shape index (κ3) is 1.92. The number of para-hydroxylation sites is 1. The van der Waals surface area contributed by atoms with Gasteiger partial charge in [-0.2, -0.15) is 0 Å². The lowest BCUT2D eigenvalue weighted by Crippen LogP contribution is -2.20. The van der Waals surface area contributed by atoms with Crippen molar-refractivity contribution in [2.75, 3.05) is 6.61 Å². The van der Waals surface area contributed by atoms with E-state index in [-0.39, 0.29) is 5.56 Å². The molecule has 1 aromatic carbocycles. The Morgan fingerprint density at radius 1 is 1.20 bits per heavy atom. The molecule has 0 amide bonds. The Morgan fingerprint density at radius 2 is 2.00 bits per heavy atom. The van der Waals surface area contributed by atoms with Gasteiger partial charge in [0.15, 0.2) is 0 Å². The van der Waals surface area contributed by atoms with Gasteiger partial charge in [0.1, 0.15) is 6.73 Å². The second kappa shape index (κ2) is 4.28. The molecule has 0 aliphatic rings. The van der Waals surface area contributed by atoms with Crippen LogP contribution in [-0.2, 0) is 11.5 Å². The Labute approximate surface area is 87.9 Å². The summed E-state index contributed by atoms with van der Waals surface area (Å²) in [5.41, 5.74) is 0.889. The van der Waals surface area contributed by atoms with Crippen LogP contribution >= 0.6 is 0 Å². The lowest BCUT2D eigenvalue weighted by atomic mass is 10.2. The van der Waals surface area contributed by atoms with Gasteiger partial charge in [0.05, 0.1) is 5.52 Å². The quantitative estimate of drug-likeness (QED) is 0.764. The van der Waals surface area contributed by atoms with Gasteiger partial charge in [0.25, 0.3) is 5.56 Å². The van der Waals surface area contributed by atoms with Crippen LogP contribution in [0.5, 0.6) is 0 Å². The van der Waals surface area contributed by atoms with Crippen molar-refractivity contribution in [2.45, 2.75) is 13.7 Å². The molecule has 0 N–H and O–H groups in total. The highest BCUT2D eigenvalue weighted by molar-refractivity contribution is 5.78. The topological polar surface area (TPSA) is 31.2 Å². The lowest BCUT2D eigenvalue weighted by Gasteiger charge is -2.09. The Balaban J connectivity index is 2.58. The van der Waals surface area contributed by atoms with Crippen LogP contribution in [0.1, 0.15) is 6.92 Å². The highest BCUT2D eigenvalue weighted by atomic mass is 16.5. The fourth-order valence-corrected chi connectivity index (χ4v) is 1.56. The van der Waals surface area contributed by atoms with E-state index in [4.69, 9.17) is 4.74 Å². The highest BCUT2D eigenvalue weighted by Gasteiger charge is 2.00. The van der Waals surface area contributed by atoms with E-state index in [2.05, 4.69) is 0 Å². The third-order valence-corrected chi connectivity index (χ3v) is 2.32. The maximum absolute atomic E-state index is 11.6.